The van der Waals surface area contributed by atoms with Crippen LogP contribution in [0.3, 0.4) is 0 Å². The molecular weight excluding hydrogens is 280 g/mol. The number of nitrogens with two attached hydrogens (primary N) is 1. The highest BCUT2D eigenvalue weighted by Crippen LogP contribution is 2.20. The van der Waals surface area contributed by atoms with Gasteiger partial charge < -0.3 is 10.4 Å². The van der Waals surface area contributed by atoms with Gasteiger partial charge in [-0.15, -0.1) is 0 Å². The average molecular weight is 291 g/mol. The van der Waals surface area contributed by atoms with Gasteiger partial charge in [0.2, 0.25) is 10.0 Å². The summed E-state index contributed by atoms with van der Waals surface area (Å²) in [5, 5.41) is 16.9. The first kappa shape index (κ1) is 14.5. The molecule has 0 saturated heterocycles. The Hall–Kier alpha value is -1.57. The first-order valence-corrected chi connectivity index (χ1v) is 6.61. The Bertz CT molecular complexity index is 598. The van der Waals surface area contributed by atoms with Crippen LogP contribution in [0, 0.1) is 0 Å². The van der Waals surface area contributed by atoms with Crippen molar-refractivity contribution in [2.24, 2.45) is 5.14 Å². The number of nitrogens with one attached hydrogen (secondary N) is 1. The number of carbonyl (C=O) groups is 1. The number of hydrogen-bond donors (Lipinski definition) is 3. The lowest BCUT2D eigenvalue weighted by Crippen LogP contribution is -2.14. The second-order valence-corrected chi connectivity index (χ2v) is 5.52. The van der Waals surface area contributed by atoms with Crippen LogP contribution in [0.25, 0.3) is 0 Å². The van der Waals surface area contributed by atoms with E-state index in [-0.39, 0.29) is 22.7 Å². The van der Waals surface area contributed by atoms with Crippen molar-refractivity contribution in [1.29, 1.82) is 0 Å². The molecule has 1 aromatic carbocycles. The SMILES string of the molecule is C=C(Cl)CNc1ccc(S(N)(=O)=O)cc1C(=O)O. The Balaban J connectivity index is 3.21. The number of carboxylic acids is 1. The molecule has 0 aliphatic heterocycles. The van der Waals surface area contributed by atoms with Crippen LogP contribution in [0.15, 0.2) is 34.7 Å². The highest BCUT2D eigenvalue weighted by Gasteiger charge is 2.15. The average Bonchev–Trinajstić information content (AvgIpc) is 2.24. The summed E-state index contributed by atoms with van der Waals surface area (Å²) in [5.41, 5.74) is 0.0242. The van der Waals surface area contributed by atoms with Crippen molar-refractivity contribution in [2.75, 3.05) is 11.9 Å². The van der Waals surface area contributed by atoms with Crippen molar-refractivity contribution >= 4 is 33.3 Å². The molecule has 0 spiro atoms. The number of rotatable bonds is 5. The predicted octanol–water partition coefficient (Wildman–Crippen LogP) is 1.20. The molecule has 6 nitrogen and oxygen atoms in total. The van der Waals surface area contributed by atoms with Gasteiger partial charge in [0.1, 0.15) is 0 Å². The standard InChI is InChI=1S/C10H11ClN2O4S/c1-6(11)5-13-9-3-2-7(18(12,16)17)4-8(9)10(14)15/h2-4,13H,1,5H2,(H,14,15)(H2,12,16,17). The van der Waals surface area contributed by atoms with Gasteiger partial charge in [-0.05, 0) is 18.2 Å². The molecule has 0 radical (unpaired) electrons. The van der Waals surface area contributed by atoms with Gasteiger partial charge in [0.05, 0.1) is 17.0 Å². The Morgan fingerprint density at radius 3 is 2.56 bits per heavy atom. The third kappa shape index (κ3) is 3.73. The molecule has 0 fully saturated rings. The monoisotopic (exact) mass is 290 g/mol. The minimum atomic E-state index is -3.94. The van der Waals surface area contributed by atoms with Crippen LogP contribution in [0.1, 0.15) is 10.4 Å². The fourth-order valence-corrected chi connectivity index (χ4v) is 1.83. The van der Waals surface area contributed by atoms with Crippen LogP contribution < -0.4 is 10.5 Å². The molecule has 0 heterocycles. The van der Waals surface area contributed by atoms with Crippen LogP contribution in [0.2, 0.25) is 0 Å². The van der Waals surface area contributed by atoms with Crippen LogP contribution in [0.4, 0.5) is 5.69 Å². The number of primary sulfonamides is 1. The molecule has 8 heteroatoms. The molecule has 1 aromatic rings. The Morgan fingerprint density at radius 1 is 1.50 bits per heavy atom. The highest BCUT2D eigenvalue weighted by molar-refractivity contribution is 7.89. The van der Waals surface area contributed by atoms with Gasteiger partial charge in [-0.2, -0.15) is 0 Å². The minimum absolute atomic E-state index is 0.163. The van der Waals surface area contributed by atoms with Crippen molar-refractivity contribution in [2.45, 2.75) is 4.90 Å². The number of anilines is 1. The molecule has 0 aromatic heterocycles. The van der Waals surface area contributed by atoms with Crippen LogP contribution >= 0.6 is 11.6 Å². The zero-order chi connectivity index (χ0) is 13.9. The lowest BCUT2D eigenvalue weighted by atomic mass is 10.2. The van der Waals surface area contributed by atoms with Crippen LogP contribution in [-0.2, 0) is 10.0 Å². The van der Waals surface area contributed by atoms with Crippen molar-refractivity contribution in [3.8, 4) is 0 Å². The summed E-state index contributed by atoms with van der Waals surface area (Å²) in [5.74, 6) is -1.27. The normalized spacial score (nSPS) is 11.0. The Kier molecular flexibility index (Phi) is 4.33. The Morgan fingerprint density at radius 2 is 2.11 bits per heavy atom. The molecule has 0 amide bonds. The third-order valence-corrected chi connectivity index (χ3v) is 3.07. The summed E-state index contributed by atoms with van der Waals surface area (Å²) in [6, 6.07) is 3.50. The van der Waals surface area contributed by atoms with Crippen molar-refractivity contribution in [3.63, 3.8) is 0 Å². The second-order valence-electron chi connectivity index (χ2n) is 3.43. The maximum atomic E-state index is 11.1. The van der Waals surface area contributed by atoms with E-state index in [4.69, 9.17) is 21.8 Å². The molecule has 0 aliphatic carbocycles. The number of aromatic carboxylic acids is 1. The van der Waals surface area contributed by atoms with Gasteiger partial charge in [-0.1, -0.05) is 18.2 Å². The minimum Gasteiger partial charge on any atom is -0.478 e. The van der Waals surface area contributed by atoms with E-state index < -0.39 is 16.0 Å². The maximum Gasteiger partial charge on any atom is 0.337 e. The molecule has 0 unspecified atom stereocenters. The molecule has 18 heavy (non-hydrogen) atoms. The molecule has 1 rings (SSSR count). The zero-order valence-electron chi connectivity index (χ0n) is 9.18. The van der Waals surface area contributed by atoms with Crippen LogP contribution in [0.5, 0.6) is 0 Å². The van der Waals surface area contributed by atoms with E-state index in [1.807, 2.05) is 0 Å². The summed E-state index contributed by atoms with van der Waals surface area (Å²) in [6.45, 7) is 3.60. The van der Waals surface area contributed by atoms with Gasteiger partial charge in [0.15, 0.2) is 0 Å². The molecular formula is C10H11ClN2O4S. The van der Waals surface area contributed by atoms with E-state index in [0.29, 0.717) is 5.03 Å². The zero-order valence-corrected chi connectivity index (χ0v) is 10.8. The number of carboxylic acid groups (broad SMARTS) is 1. The quantitative estimate of drug-likeness (QED) is 0.755. The summed E-state index contributed by atoms with van der Waals surface area (Å²) in [7, 11) is -3.94. The van der Waals surface area contributed by atoms with Crippen molar-refractivity contribution in [3.05, 3.63) is 35.4 Å². The molecule has 98 valence electrons. The molecule has 0 saturated carbocycles. The number of hydrogen-bond acceptors (Lipinski definition) is 4. The first-order valence-electron chi connectivity index (χ1n) is 4.69. The fourth-order valence-electron chi connectivity index (χ4n) is 1.22. The van der Waals surface area contributed by atoms with E-state index >= 15 is 0 Å². The van der Waals surface area contributed by atoms with Crippen molar-refractivity contribution < 1.29 is 18.3 Å². The van der Waals surface area contributed by atoms with E-state index in [1.54, 1.807) is 0 Å². The van der Waals surface area contributed by atoms with Gasteiger partial charge in [0.25, 0.3) is 0 Å². The van der Waals surface area contributed by atoms with E-state index in [9.17, 15) is 13.2 Å². The topological polar surface area (TPSA) is 109 Å². The van der Waals surface area contributed by atoms with E-state index in [1.165, 1.54) is 12.1 Å². The van der Waals surface area contributed by atoms with Gasteiger partial charge in [0, 0.05) is 10.7 Å². The molecule has 0 aliphatic rings. The lowest BCUT2D eigenvalue weighted by Gasteiger charge is -2.10. The smallest absolute Gasteiger partial charge is 0.337 e. The first-order chi connectivity index (χ1) is 8.21. The number of sulfonamides is 1. The van der Waals surface area contributed by atoms with E-state index in [2.05, 4.69) is 11.9 Å². The molecule has 0 bridgehead atoms. The van der Waals surface area contributed by atoms with E-state index in [0.717, 1.165) is 6.07 Å². The molecule has 0 atom stereocenters. The van der Waals surface area contributed by atoms with Crippen molar-refractivity contribution in [1.82, 2.24) is 0 Å². The van der Waals surface area contributed by atoms with Gasteiger partial charge in [-0.25, -0.2) is 18.4 Å². The largest absolute Gasteiger partial charge is 0.478 e. The lowest BCUT2D eigenvalue weighted by molar-refractivity contribution is 0.0697. The highest BCUT2D eigenvalue weighted by atomic mass is 35.5. The summed E-state index contributed by atoms with van der Waals surface area (Å²) < 4.78 is 22.2. The molecule has 4 N–H and O–H groups in total. The third-order valence-electron chi connectivity index (χ3n) is 2.02. The Labute approximate surface area is 109 Å². The fraction of sp³-hybridized carbons (Fsp3) is 0.100. The summed E-state index contributed by atoms with van der Waals surface area (Å²) in [6.07, 6.45) is 0. The predicted molar refractivity (Wildman–Crippen MR) is 68.3 cm³/mol. The maximum absolute atomic E-state index is 11.1. The number of halogens is 1. The van der Waals surface area contributed by atoms with Gasteiger partial charge >= 0.3 is 5.97 Å². The van der Waals surface area contributed by atoms with Crippen LogP contribution in [-0.4, -0.2) is 26.0 Å². The second kappa shape index (κ2) is 5.38. The number of benzene rings is 1. The summed E-state index contributed by atoms with van der Waals surface area (Å²) in [4.78, 5) is 10.7. The van der Waals surface area contributed by atoms with Gasteiger partial charge in [-0.3, -0.25) is 0 Å². The summed E-state index contributed by atoms with van der Waals surface area (Å²) >= 11 is 5.54.